The lowest BCUT2D eigenvalue weighted by atomic mass is 9.74. The summed E-state index contributed by atoms with van der Waals surface area (Å²) in [5.41, 5.74) is -0.313. The maximum absolute atomic E-state index is 13.0. The molecule has 0 aromatic heterocycles. The third kappa shape index (κ3) is 2.95. The van der Waals surface area contributed by atoms with Crippen molar-refractivity contribution in [3.8, 4) is 0 Å². The Morgan fingerprint density at radius 1 is 1.21 bits per heavy atom. The fourth-order valence-corrected chi connectivity index (χ4v) is 5.04. The molecule has 0 spiro atoms. The average Bonchev–Trinajstić information content (AvgIpc) is 3.00. The third-order valence-electron chi connectivity index (χ3n) is 5.29. The summed E-state index contributed by atoms with van der Waals surface area (Å²) in [6.45, 7) is 8.74. The molecule has 0 aliphatic carbocycles. The van der Waals surface area contributed by atoms with Crippen LogP contribution in [0.4, 0.5) is 0 Å². The van der Waals surface area contributed by atoms with E-state index in [4.69, 9.17) is 9.47 Å². The molecule has 0 unspecified atom stereocenters. The Hall–Kier alpha value is -2.19. The van der Waals surface area contributed by atoms with Gasteiger partial charge in [-0.3, -0.25) is 14.5 Å². The van der Waals surface area contributed by atoms with Crippen molar-refractivity contribution < 1.29 is 19.1 Å². The highest BCUT2D eigenvalue weighted by atomic mass is 127. The first kappa shape index (κ1) is 20.5. The quantitative estimate of drug-likeness (QED) is 0.275. The second-order valence-electron chi connectivity index (χ2n) is 6.71. The summed E-state index contributed by atoms with van der Waals surface area (Å²) in [5, 5.41) is 2.14. The Balaban J connectivity index is 2.32. The molecule has 0 amide bonds. The molecule has 0 saturated carbocycles. The SMILES string of the molecule is C=CCN1CC(=C)C(C(=O)OC)(C(=O)OC)[C@@H]1c1ccc2ccccc2c1I. The molecule has 6 heteroatoms. The van der Waals surface area contributed by atoms with Crippen molar-refractivity contribution in [3.63, 3.8) is 0 Å². The Bertz CT molecular complexity index is 952. The average molecular weight is 491 g/mol. The second-order valence-corrected chi connectivity index (χ2v) is 7.78. The van der Waals surface area contributed by atoms with E-state index in [0.717, 1.165) is 19.9 Å². The van der Waals surface area contributed by atoms with Crippen molar-refractivity contribution in [1.82, 2.24) is 4.90 Å². The molecule has 3 rings (SSSR count). The van der Waals surface area contributed by atoms with Crippen LogP contribution in [0.15, 0.2) is 61.2 Å². The number of carbonyl (C=O) groups is 2. The van der Waals surface area contributed by atoms with Gasteiger partial charge in [-0.05, 0) is 44.5 Å². The maximum atomic E-state index is 13.0. The number of benzene rings is 2. The Labute approximate surface area is 178 Å². The predicted molar refractivity (Wildman–Crippen MR) is 117 cm³/mol. The van der Waals surface area contributed by atoms with Crippen LogP contribution in [0.3, 0.4) is 0 Å². The molecule has 146 valence electrons. The molecule has 28 heavy (non-hydrogen) atoms. The summed E-state index contributed by atoms with van der Waals surface area (Å²) in [5.74, 6) is -1.32. The highest BCUT2D eigenvalue weighted by Crippen LogP contribution is 2.52. The molecule has 0 radical (unpaired) electrons. The third-order valence-corrected chi connectivity index (χ3v) is 6.50. The monoisotopic (exact) mass is 491 g/mol. The van der Waals surface area contributed by atoms with E-state index in [1.54, 1.807) is 6.08 Å². The molecular weight excluding hydrogens is 469 g/mol. The van der Waals surface area contributed by atoms with Gasteiger partial charge < -0.3 is 9.47 Å². The molecule has 1 aliphatic heterocycles. The van der Waals surface area contributed by atoms with Crippen molar-refractivity contribution in [2.24, 2.45) is 5.41 Å². The van der Waals surface area contributed by atoms with E-state index in [1.165, 1.54) is 14.2 Å². The first-order chi connectivity index (χ1) is 13.4. The largest absolute Gasteiger partial charge is 0.468 e. The summed E-state index contributed by atoms with van der Waals surface area (Å²) >= 11 is 2.28. The normalized spacial score (nSPS) is 18.8. The van der Waals surface area contributed by atoms with Crippen LogP contribution >= 0.6 is 22.6 Å². The van der Waals surface area contributed by atoms with Gasteiger partial charge in [-0.1, -0.05) is 49.1 Å². The zero-order chi connectivity index (χ0) is 20.5. The van der Waals surface area contributed by atoms with Gasteiger partial charge in [0.1, 0.15) is 0 Å². The van der Waals surface area contributed by atoms with Crippen LogP contribution in [0.1, 0.15) is 11.6 Å². The molecular formula is C22H22INO4. The van der Waals surface area contributed by atoms with Gasteiger partial charge in [-0.2, -0.15) is 0 Å². The number of likely N-dealkylation sites (tertiary alicyclic amines) is 1. The number of hydrogen-bond acceptors (Lipinski definition) is 5. The van der Waals surface area contributed by atoms with Gasteiger partial charge in [0.15, 0.2) is 0 Å². The standard InChI is InChI=1S/C22H22INO4/c1-5-12-24-13-14(2)22(20(25)27-3,21(26)28-4)19(24)17-11-10-15-8-6-7-9-16(15)18(17)23/h5-11,19H,1-2,12-13H2,3-4H3/t19-/m0/s1. The summed E-state index contributed by atoms with van der Waals surface area (Å²) in [7, 11) is 2.55. The lowest BCUT2D eigenvalue weighted by Crippen LogP contribution is -2.47. The molecule has 2 aromatic rings. The van der Waals surface area contributed by atoms with E-state index < -0.39 is 23.4 Å². The van der Waals surface area contributed by atoms with Crippen molar-refractivity contribution in [2.75, 3.05) is 27.3 Å². The van der Waals surface area contributed by atoms with Crippen molar-refractivity contribution >= 4 is 45.3 Å². The number of esters is 2. The molecule has 5 nitrogen and oxygen atoms in total. The molecule has 0 N–H and O–H groups in total. The molecule has 1 aliphatic rings. The summed E-state index contributed by atoms with van der Waals surface area (Å²) in [4.78, 5) is 28.0. The lowest BCUT2D eigenvalue weighted by Gasteiger charge is -2.34. The zero-order valence-corrected chi connectivity index (χ0v) is 18.1. The summed E-state index contributed by atoms with van der Waals surface area (Å²) in [6.07, 6.45) is 1.75. The number of nitrogens with zero attached hydrogens (tertiary/aromatic N) is 1. The zero-order valence-electron chi connectivity index (χ0n) is 15.9. The van der Waals surface area contributed by atoms with Gasteiger partial charge in [0.25, 0.3) is 0 Å². The van der Waals surface area contributed by atoms with Gasteiger partial charge in [0, 0.05) is 16.7 Å². The van der Waals surface area contributed by atoms with E-state index in [0.29, 0.717) is 18.7 Å². The molecule has 1 atom stereocenters. The van der Waals surface area contributed by atoms with E-state index in [1.807, 2.05) is 41.3 Å². The van der Waals surface area contributed by atoms with E-state index >= 15 is 0 Å². The van der Waals surface area contributed by atoms with Gasteiger partial charge >= 0.3 is 11.9 Å². The summed E-state index contributed by atoms with van der Waals surface area (Å²) < 4.78 is 11.1. The fraction of sp³-hybridized carbons (Fsp3) is 0.273. The van der Waals surface area contributed by atoms with Crippen LogP contribution in [0.2, 0.25) is 0 Å². The highest BCUT2D eigenvalue weighted by molar-refractivity contribution is 14.1. The number of halogens is 1. The highest BCUT2D eigenvalue weighted by Gasteiger charge is 2.63. The van der Waals surface area contributed by atoms with Gasteiger partial charge in [0.2, 0.25) is 5.41 Å². The minimum absolute atomic E-state index is 0.365. The van der Waals surface area contributed by atoms with Crippen LogP contribution in [0.25, 0.3) is 10.8 Å². The minimum Gasteiger partial charge on any atom is -0.468 e. The number of methoxy groups -OCH3 is 2. The predicted octanol–water partition coefficient (Wildman–Crippen LogP) is 3.88. The van der Waals surface area contributed by atoms with E-state index in [-0.39, 0.29) is 0 Å². The minimum atomic E-state index is -1.63. The van der Waals surface area contributed by atoms with Crippen LogP contribution in [0, 0.1) is 8.99 Å². The van der Waals surface area contributed by atoms with Crippen molar-refractivity contribution in [1.29, 1.82) is 0 Å². The number of hydrogen-bond donors (Lipinski definition) is 0. The maximum Gasteiger partial charge on any atom is 0.329 e. The van der Waals surface area contributed by atoms with E-state index in [2.05, 4.69) is 35.7 Å². The smallest absolute Gasteiger partial charge is 0.329 e. The number of fused-ring (bicyclic) bond motifs is 1. The molecule has 0 bridgehead atoms. The number of rotatable bonds is 5. The molecule has 1 heterocycles. The summed E-state index contributed by atoms with van der Waals surface area (Å²) in [6, 6.07) is 11.4. The van der Waals surface area contributed by atoms with Crippen molar-refractivity contribution in [3.05, 3.63) is 70.3 Å². The van der Waals surface area contributed by atoms with Crippen LogP contribution in [0.5, 0.6) is 0 Å². The first-order valence-electron chi connectivity index (χ1n) is 8.80. The van der Waals surface area contributed by atoms with Gasteiger partial charge in [-0.25, -0.2) is 0 Å². The molecule has 2 aromatic carbocycles. The van der Waals surface area contributed by atoms with Crippen LogP contribution < -0.4 is 0 Å². The van der Waals surface area contributed by atoms with E-state index in [9.17, 15) is 9.59 Å². The van der Waals surface area contributed by atoms with Gasteiger partial charge in [0.05, 0.1) is 20.3 Å². The second kappa shape index (κ2) is 8.05. The Morgan fingerprint density at radius 2 is 1.86 bits per heavy atom. The Kier molecular flexibility index (Phi) is 5.90. The Morgan fingerprint density at radius 3 is 2.46 bits per heavy atom. The van der Waals surface area contributed by atoms with Gasteiger partial charge in [-0.15, -0.1) is 6.58 Å². The molecule has 1 fully saturated rings. The number of ether oxygens (including phenoxy) is 2. The van der Waals surface area contributed by atoms with Crippen LogP contribution in [-0.2, 0) is 19.1 Å². The first-order valence-corrected chi connectivity index (χ1v) is 9.88. The topological polar surface area (TPSA) is 55.8 Å². The molecule has 1 saturated heterocycles. The number of carbonyl (C=O) groups excluding carboxylic acids is 2. The van der Waals surface area contributed by atoms with Crippen LogP contribution in [-0.4, -0.2) is 44.1 Å². The fourth-order valence-electron chi connectivity index (χ4n) is 4.07. The lowest BCUT2D eigenvalue weighted by molar-refractivity contribution is -0.168. The van der Waals surface area contributed by atoms with Crippen molar-refractivity contribution in [2.45, 2.75) is 6.04 Å².